The van der Waals surface area contributed by atoms with Crippen LogP contribution in [0.15, 0.2) is 6.20 Å². The van der Waals surface area contributed by atoms with Crippen molar-refractivity contribution in [2.75, 3.05) is 11.4 Å². The van der Waals surface area contributed by atoms with Gasteiger partial charge in [-0.15, -0.1) is 0 Å². The van der Waals surface area contributed by atoms with E-state index in [0.717, 1.165) is 6.20 Å². The van der Waals surface area contributed by atoms with Gasteiger partial charge in [-0.05, 0) is 18.0 Å². The first-order chi connectivity index (χ1) is 10.6. The number of alkyl halides is 3. The molecule has 0 amide bonds. The van der Waals surface area contributed by atoms with Crippen molar-refractivity contribution >= 4 is 29.1 Å². The highest BCUT2D eigenvalue weighted by Crippen LogP contribution is 2.30. The molecule has 0 aliphatic carbocycles. The second kappa shape index (κ2) is 7.40. The Balaban J connectivity index is 3.35. The van der Waals surface area contributed by atoms with E-state index in [2.05, 4.69) is 9.97 Å². The minimum Gasteiger partial charge on any atom is -0.480 e. The summed E-state index contributed by atoms with van der Waals surface area (Å²) in [5.41, 5.74) is -0.726. The Morgan fingerprint density at radius 3 is 2.61 bits per heavy atom. The van der Waals surface area contributed by atoms with Crippen LogP contribution in [0.5, 0.6) is 0 Å². The molecule has 1 aromatic rings. The van der Waals surface area contributed by atoms with E-state index in [1.807, 2.05) is 0 Å². The van der Waals surface area contributed by atoms with Crippen molar-refractivity contribution in [3.63, 3.8) is 0 Å². The quantitative estimate of drug-likeness (QED) is 0.454. The molecule has 0 saturated carbocycles. The van der Waals surface area contributed by atoms with Crippen molar-refractivity contribution in [1.29, 1.82) is 0 Å². The lowest BCUT2D eigenvalue weighted by Crippen LogP contribution is -2.43. The molecule has 0 fully saturated rings. The van der Waals surface area contributed by atoms with Crippen molar-refractivity contribution in [2.45, 2.75) is 32.0 Å². The van der Waals surface area contributed by atoms with Crippen LogP contribution in [0, 0.1) is 10.1 Å². The Kier molecular flexibility index (Phi) is 6.07. The second-order valence-electron chi connectivity index (χ2n) is 4.43. The molecule has 12 heteroatoms. The summed E-state index contributed by atoms with van der Waals surface area (Å²) >= 11 is 5.54. The molecule has 1 unspecified atom stereocenters. The van der Waals surface area contributed by atoms with Crippen molar-refractivity contribution < 1.29 is 28.0 Å². The third-order valence-electron chi connectivity index (χ3n) is 2.87. The number of nitro groups is 1. The molecule has 0 bridgehead atoms. The fourth-order valence-electron chi connectivity index (χ4n) is 1.87. The van der Waals surface area contributed by atoms with Crippen LogP contribution in [0.1, 0.15) is 19.8 Å². The Labute approximate surface area is 133 Å². The Hall–Kier alpha value is -2.17. The summed E-state index contributed by atoms with van der Waals surface area (Å²) in [5.74, 6) is -1.99. The van der Waals surface area contributed by atoms with Gasteiger partial charge in [-0.1, -0.05) is 6.92 Å². The van der Waals surface area contributed by atoms with Crippen LogP contribution in [-0.2, 0) is 4.79 Å². The number of hydrogen-bond donors (Lipinski definition) is 1. The summed E-state index contributed by atoms with van der Waals surface area (Å²) in [7, 11) is 0. The van der Waals surface area contributed by atoms with Crippen LogP contribution in [0.3, 0.4) is 0 Å². The second-order valence-corrected chi connectivity index (χ2v) is 4.76. The van der Waals surface area contributed by atoms with Gasteiger partial charge in [-0.2, -0.15) is 18.2 Å². The van der Waals surface area contributed by atoms with E-state index in [-0.39, 0.29) is 6.42 Å². The number of aromatic nitrogens is 2. The first-order valence-electron chi connectivity index (χ1n) is 6.30. The monoisotopic (exact) mass is 356 g/mol. The molecule has 0 spiro atoms. The fourth-order valence-corrected chi connectivity index (χ4v) is 2.00. The molecule has 1 N–H and O–H groups in total. The highest BCUT2D eigenvalue weighted by atomic mass is 35.5. The van der Waals surface area contributed by atoms with Crippen LogP contribution in [0.4, 0.5) is 24.7 Å². The normalized spacial score (nSPS) is 12.7. The van der Waals surface area contributed by atoms with Gasteiger partial charge in [0.05, 0.1) is 11.3 Å². The summed E-state index contributed by atoms with van der Waals surface area (Å²) in [6, 6.07) is -1.43. The summed E-state index contributed by atoms with van der Waals surface area (Å²) in [6.45, 7) is 0.608. The highest BCUT2D eigenvalue weighted by Gasteiger charge is 2.35. The maximum absolute atomic E-state index is 12.5. The molecule has 128 valence electrons. The summed E-state index contributed by atoms with van der Waals surface area (Å²) in [6.07, 6.45) is -5.30. The van der Waals surface area contributed by atoms with Gasteiger partial charge in [0, 0.05) is 6.54 Å². The topological polar surface area (TPSA) is 109 Å². The van der Waals surface area contributed by atoms with Crippen LogP contribution in [0.2, 0.25) is 5.28 Å². The third-order valence-corrected chi connectivity index (χ3v) is 3.06. The molecule has 0 aliphatic rings. The Bertz CT molecular complexity index is 599. The van der Waals surface area contributed by atoms with Crippen molar-refractivity contribution in [2.24, 2.45) is 0 Å². The molecule has 1 heterocycles. The van der Waals surface area contributed by atoms with E-state index in [9.17, 15) is 28.1 Å². The minimum absolute atomic E-state index is 0.0913. The third kappa shape index (κ3) is 5.20. The molecule has 23 heavy (non-hydrogen) atoms. The van der Waals surface area contributed by atoms with Gasteiger partial charge in [0.25, 0.3) is 0 Å². The number of aliphatic carboxylic acids is 1. The number of nitrogens with zero attached hydrogens (tertiary/aromatic N) is 4. The van der Waals surface area contributed by atoms with E-state index in [0.29, 0.717) is 4.90 Å². The molecule has 0 saturated heterocycles. The van der Waals surface area contributed by atoms with Gasteiger partial charge in [-0.3, -0.25) is 10.1 Å². The number of halogens is 4. The zero-order chi connectivity index (χ0) is 17.8. The average Bonchev–Trinajstić information content (AvgIpc) is 2.41. The predicted molar refractivity (Wildman–Crippen MR) is 73.4 cm³/mol. The molecule has 0 aromatic carbocycles. The first kappa shape index (κ1) is 18.9. The fraction of sp³-hybridized carbons (Fsp3) is 0.545. The van der Waals surface area contributed by atoms with Crippen molar-refractivity contribution in [3.8, 4) is 0 Å². The molecule has 8 nitrogen and oxygen atoms in total. The molecular formula is C11H12ClF3N4O4. The molecule has 1 aromatic heterocycles. The molecule has 0 radical (unpaired) electrons. The lowest BCUT2D eigenvalue weighted by molar-refractivity contribution is -0.384. The van der Waals surface area contributed by atoms with E-state index in [1.54, 1.807) is 0 Å². The van der Waals surface area contributed by atoms with Crippen LogP contribution in [-0.4, -0.2) is 44.7 Å². The molecule has 0 aliphatic heterocycles. The zero-order valence-corrected chi connectivity index (χ0v) is 12.5. The zero-order valence-electron chi connectivity index (χ0n) is 11.7. The largest absolute Gasteiger partial charge is 0.480 e. The van der Waals surface area contributed by atoms with Gasteiger partial charge >= 0.3 is 17.8 Å². The van der Waals surface area contributed by atoms with Crippen LogP contribution >= 0.6 is 11.6 Å². The highest BCUT2D eigenvalue weighted by molar-refractivity contribution is 6.28. The van der Waals surface area contributed by atoms with Gasteiger partial charge in [0.15, 0.2) is 0 Å². The summed E-state index contributed by atoms with van der Waals surface area (Å²) in [4.78, 5) is 29.0. The average molecular weight is 357 g/mol. The number of hydrogen-bond acceptors (Lipinski definition) is 6. The predicted octanol–water partition coefficient (Wildman–Crippen LogP) is 2.66. The van der Waals surface area contributed by atoms with Gasteiger partial charge in [0.2, 0.25) is 11.1 Å². The van der Waals surface area contributed by atoms with E-state index in [1.165, 1.54) is 6.92 Å². The maximum Gasteiger partial charge on any atom is 0.390 e. The molecular weight excluding hydrogens is 345 g/mol. The summed E-state index contributed by atoms with van der Waals surface area (Å²) in [5, 5.41) is 19.7. The number of carboxylic acids is 1. The van der Waals surface area contributed by atoms with Crippen molar-refractivity contribution in [1.82, 2.24) is 9.97 Å². The molecule has 1 rings (SSSR count). The van der Waals surface area contributed by atoms with E-state index >= 15 is 0 Å². The Morgan fingerprint density at radius 2 is 2.17 bits per heavy atom. The smallest absolute Gasteiger partial charge is 0.390 e. The van der Waals surface area contributed by atoms with Gasteiger partial charge in [0.1, 0.15) is 12.2 Å². The number of carbonyl (C=O) groups is 1. The first-order valence-corrected chi connectivity index (χ1v) is 6.67. The lowest BCUT2D eigenvalue weighted by atomic mass is 10.1. The maximum atomic E-state index is 12.5. The number of rotatable bonds is 7. The van der Waals surface area contributed by atoms with Crippen molar-refractivity contribution in [3.05, 3.63) is 21.6 Å². The minimum atomic E-state index is -4.57. The van der Waals surface area contributed by atoms with E-state index < -0.39 is 52.9 Å². The SMILES string of the molecule is CCC(C(=O)O)N(CCC(F)(F)F)c1nc(Cl)ncc1[N+](=O)[O-]. The number of carboxylic acid groups (broad SMARTS) is 1. The summed E-state index contributed by atoms with van der Waals surface area (Å²) < 4.78 is 37.4. The lowest BCUT2D eigenvalue weighted by Gasteiger charge is -2.29. The van der Waals surface area contributed by atoms with E-state index in [4.69, 9.17) is 16.7 Å². The van der Waals surface area contributed by atoms with Crippen LogP contribution in [0.25, 0.3) is 0 Å². The van der Waals surface area contributed by atoms with Crippen LogP contribution < -0.4 is 4.90 Å². The molecule has 1 atom stereocenters. The van der Waals surface area contributed by atoms with Gasteiger partial charge in [-0.25, -0.2) is 9.78 Å². The number of anilines is 1. The standard InChI is InChI=1S/C11H12ClF3N4O4/c1-2-6(9(20)21)18(4-3-11(13,14)15)8-7(19(22)23)5-16-10(12)17-8/h5-6H,2-4H2,1H3,(H,20,21). The van der Waals surface area contributed by atoms with Gasteiger partial charge < -0.3 is 10.0 Å². The Morgan fingerprint density at radius 1 is 1.57 bits per heavy atom.